The van der Waals surface area contributed by atoms with Gasteiger partial charge in [0.25, 0.3) is 0 Å². The van der Waals surface area contributed by atoms with Gasteiger partial charge in [0.2, 0.25) is 0 Å². The molecule has 2 nitrogen and oxygen atoms in total. The van der Waals surface area contributed by atoms with Crippen LogP contribution in [0.1, 0.15) is 27.7 Å². The zero-order valence-corrected chi connectivity index (χ0v) is 10.6. The van der Waals surface area contributed by atoms with E-state index in [0.29, 0.717) is 23.7 Å². The van der Waals surface area contributed by atoms with Crippen LogP contribution < -0.4 is 5.32 Å². The van der Waals surface area contributed by atoms with Crippen LogP contribution in [0.15, 0.2) is 11.6 Å². The van der Waals surface area contributed by atoms with Gasteiger partial charge in [0.05, 0.1) is 0 Å². The van der Waals surface area contributed by atoms with Crippen LogP contribution >= 0.6 is 11.6 Å². The molecule has 0 aliphatic heterocycles. The van der Waals surface area contributed by atoms with Crippen LogP contribution in [0.2, 0.25) is 0 Å². The molecule has 0 heterocycles. The average Bonchev–Trinajstić information content (AvgIpc) is 2.01. The third-order valence-electron chi connectivity index (χ3n) is 2.19. The highest BCUT2D eigenvalue weighted by molar-refractivity contribution is 6.29. The maximum absolute atomic E-state index is 5.65. The molecule has 0 aromatic carbocycles. The first-order chi connectivity index (χ1) is 6.45. The summed E-state index contributed by atoms with van der Waals surface area (Å²) in [7, 11) is 0. The Kier molecular flexibility index (Phi) is 7.24. The molecule has 0 saturated carbocycles. The topological polar surface area (TPSA) is 15.3 Å². The van der Waals surface area contributed by atoms with Crippen molar-refractivity contribution in [1.29, 1.82) is 0 Å². The van der Waals surface area contributed by atoms with Crippen molar-refractivity contribution < 1.29 is 0 Å². The Balaban J connectivity index is 3.67. The largest absolute Gasteiger partial charge is 0.311 e. The van der Waals surface area contributed by atoms with Crippen LogP contribution in [0.4, 0.5) is 0 Å². The van der Waals surface area contributed by atoms with Gasteiger partial charge in [0.15, 0.2) is 0 Å². The van der Waals surface area contributed by atoms with Gasteiger partial charge < -0.3 is 5.32 Å². The number of hydrogen-bond donors (Lipinski definition) is 1. The van der Waals surface area contributed by atoms with Crippen molar-refractivity contribution in [3.8, 4) is 0 Å². The predicted octanol–water partition coefficient (Wildman–Crippen LogP) is 2.45. The summed E-state index contributed by atoms with van der Waals surface area (Å²) in [5, 5.41) is 3.92. The molecule has 0 rings (SSSR count). The quantitative estimate of drug-likeness (QED) is 0.661. The fraction of sp³-hybridized carbons (Fsp3) is 0.818. The lowest BCUT2D eigenvalue weighted by molar-refractivity contribution is 0.176. The molecule has 0 fully saturated rings. The van der Waals surface area contributed by atoms with E-state index in [1.54, 1.807) is 0 Å². The number of nitrogens with zero attached hydrogens (tertiary/aromatic N) is 1. The smallest absolute Gasteiger partial charge is 0.0307 e. The first-order valence-electron chi connectivity index (χ1n) is 5.25. The molecule has 0 unspecified atom stereocenters. The van der Waals surface area contributed by atoms with Crippen LogP contribution in [0.25, 0.3) is 0 Å². The van der Waals surface area contributed by atoms with Gasteiger partial charge in [-0.25, -0.2) is 0 Å². The highest BCUT2D eigenvalue weighted by Crippen LogP contribution is 2.03. The van der Waals surface area contributed by atoms with Gasteiger partial charge in [-0.2, -0.15) is 0 Å². The third kappa shape index (κ3) is 6.41. The lowest BCUT2D eigenvalue weighted by atomic mass is 10.2. The molecule has 0 saturated heterocycles. The molecule has 0 aromatic heterocycles. The number of hydrogen-bond acceptors (Lipinski definition) is 2. The highest BCUT2D eigenvalue weighted by Gasteiger charge is 2.11. The summed E-state index contributed by atoms with van der Waals surface area (Å²) >= 11 is 5.65. The van der Waals surface area contributed by atoms with Gasteiger partial charge in [-0.15, -0.1) is 0 Å². The SMILES string of the molecule is C=C(Cl)CNCCN(C(C)C)C(C)C. The average molecular weight is 219 g/mol. The van der Waals surface area contributed by atoms with Crippen LogP contribution in [0.5, 0.6) is 0 Å². The van der Waals surface area contributed by atoms with Gasteiger partial charge in [0.1, 0.15) is 0 Å². The number of halogens is 1. The maximum Gasteiger partial charge on any atom is 0.0307 e. The third-order valence-corrected chi connectivity index (χ3v) is 2.32. The Hall–Kier alpha value is -0.0500. The monoisotopic (exact) mass is 218 g/mol. The summed E-state index contributed by atoms with van der Waals surface area (Å²) in [6.45, 7) is 15.2. The van der Waals surface area contributed by atoms with Crippen molar-refractivity contribution in [3.63, 3.8) is 0 Å². The van der Waals surface area contributed by atoms with Crippen molar-refractivity contribution in [2.75, 3.05) is 19.6 Å². The van der Waals surface area contributed by atoms with E-state index in [-0.39, 0.29) is 0 Å². The van der Waals surface area contributed by atoms with Crippen LogP contribution in [0.3, 0.4) is 0 Å². The minimum Gasteiger partial charge on any atom is -0.311 e. The molecule has 0 radical (unpaired) electrons. The lowest BCUT2D eigenvalue weighted by Gasteiger charge is -2.30. The Labute approximate surface area is 93.3 Å². The Morgan fingerprint density at radius 1 is 1.29 bits per heavy atom. The predicted molar refractivity (Wildman–Crippen MR) is 64.8 cm³/mol. The van der Waals surface area contributed by atoms with E-state index in [2.05, 4.69) is 44.5 Å². The molecule has 0 bridgehead atoms. The molecule has 0 amide bonds. The summed E-state index contributed by atoms with van der Waals surface area (Å²) in [6, 6.07) is 1.19. The van der Waals surface area contributed by atoms with Crippen LogP contribution in [-0.2, 0) is 0 Å². The lowest BCUT2D eigenvalue weighted by Crippen LogP contribution is -2.41. The van der Waals surface area contributed by atoms with E-state index < -0.39 is 0 Å². The van der Waals surface area contributed by atoms with Crippen molar-refractivity contribution in [2.45, 2.75) is 39.8 Å². The van der Waals surface area contributed by atoms with Crippen LogP contribution in [-0.4, -0.2) is 36.6 Å². The van der Waals surface area contributed by atoms with E-state index in [9.17, 15) is 0 Å². The normalized spacial score (nSPS) is 11.7. The van der Waals surface area contributed by atoms with Crippen molar-refractivity contribution in [1.82, 2.24) is 10.2 Å². The van der Waals surface area contributed by atoms with Gasteiger partial charge in [-0.1, -0.05) is 18.2 Å². The van der Waals surface area contributed by atoms with E-state index >= 15 is 0 Å². The molecule has 0 atom stereocenters. The minimum atomic E-state index is 0.594. The van der Waals surface area contributed by atoms with Gasteiger partial charge >= 0.3 is 0 Å². The molecule has 0 aromatic rings. The second-order valence-electron chi connectivity index (χ2n) is 4.12. The Bertz CT molecular complexity index is 159. The first-order valence-corrected chi connectivity index (χ1v) is 5.62. The van der Waals surface area contributed by atoms with Crippen LogP contribution in [0, 0.1) is 0 Å². The zero-order valence-electron chi connectivity index (χ0n) is 9.81. The highest BCUT2D eigenvalue weighted by atomic mass is 35.5. The van der Waals surface area contributed by atoms with E-state index in [1.165, 1.54) is 0 Å². The fourth-order valence-electron chi connectivity index (χ4n) is 1.54. The van der Waals surface area contributed by atoms with E-state index in [0.717, 1.165) is 13.1 Å². The first kappa shape index (κ1) is 13.9. The molecule has 84 valence electrons. The Morgan fingerprint density at radius 2 is 1.79 bits per heavy atom. The van der Waals surface area contributed by atoms with Crippen molar-refractivity contribution in [2.24, 2.45) is 0 Å². The summed E-state index contributed by atoms with van der Waals surface area (Å²) in [6.07, 6.45) is 0. The molecule has 14 heavy (non-hydrogen) atoms. The summed E-state index contributed by atoms with van der Waals surface area (Å²) in [4.78, 5) is 2.45. The minimum absolute atomic E-state index is 0.594. The number of rotatable bonds is 7. The molecular formula is C11H23ClN2. The van der Waals surface area contributed by atoms with Crippen molar-refractivity contribution in [3.05, 3.63) is 11.6 Å². The summed E-state index contributed by atoms with van der Waals surface area (Å²) in [5.74, 6) is 0. The van der Waals surface area contributed by atoms with E-state index in [4.69, 9.17) is 11.6 Å². The molecular weight excluding hydrogens is 196 g/mol. The molecule has 1 N–H and O–H groups in total. The number of nitrogens with one attached hydrogen (secondary N) is 1. The summed E-state index contributed by atoms with van der Waals surface area (Å²) in [5.41, 5.74) is 0. The van der Waals surface area contributed by atoms with Gasteiger partial charge in [0, 0.05) is 36.8 Å². The molecule has 3 heteroatoms. The van der Waals surface area contributed by atoms with Gasteiger partial charge in [-0.05, 0) is 27.7 Å². The summed E-state index contributed by atoms with van der Waals surface area (Å²) < 4.78 is 0. The molecule has 0 spiro atoms. The standard InChI is InChI=1S/C11H23ClN2/c1-9(2)14(10(3)4)7-6-13-8-11(5)12/h9-10,13H,5-8H2,1-4H3. The Morgan fingerprint density at radius 3 is 2.14 bits per heavy atom. The molecule has 0 aliphatic rings. The van der Waals surface area contributed by atoms with Gasteiger partial charge in [-0.3, -0.25) is 4.90 Å². The van der Waals surface area contributed by atoms with Crippen molar-refractivity contribution >= 4 is 11.6 Å². The zero-order chi connectivity index (χ0) is 11.1. The second-order valence-corrected chi connectivity index (χ2v) is 4.65. The molecule has 0 aliphatic carbocycles. The maximum atomic E-state index is 5.65. The van der Waals surface area contributed by atoms with E-state index in [1.807, 2.05) is 0 Å². The fourth-order valence-corrected chi connectivity index (χ4v) is 1.64. The second kappa shape index (κ2) is 7.27.